The molecule has 1 N–H and O–H groups in total. The summed E-state index contributed by atoms with van der Waals surface area (Å²) in [6, 6.07) is 4.09. The summed E-state index contributed by atoms with van der Waals surface area (Å²) in [5.41, 5.74) is -0.609. The van der Waals surface area contributed by atoms with E-state index in [9.17, 15) is 12.8 Å². The highest BCUT2D eigenvalue weighted by Crippen LogP contribution is 2.21. The van der Waals surface area contributed by atoms with Gasteiger partial charge in [-0.25, -0.2) is 17.5 Å². The Bertz CT molecular complexity index is 488. The van der Waals surface area contributed by atoms with Gasteiger partial charge in [0, 0.05) is 16.1 Å². The van der Waals surface area contributed by atoms with E-state index in [1.807, 2.05) is 0 Å². The van der Waals surface area contributed by atoms with Crippen molar-refractivity contribution < 1.29 is 12.8 Å². The molecule has 0 radical (unpaired) electrons. The van der Waals surface area contributed by atoms with E-state index >= 15 is 0 Å². The van der Waals surface area contributed by atoms with Crippen molar-refractivity contribution >= 4 is 21.6 Å². The summed E-state index contributed by atoms with van der Waals surface area (Å²) in [5.74, 6) is -1.08. The molecule has 0 unspecified atom stereocenters. The third-order valence-electron chi connectivity index (χ3n) is 1.86. The second-order valence-corrected chi connectivity index (χ2v) is 6.94. The molecule has 1 aromatic rings. The molecule has 0 spiro atoms. The fourth-order valence-electron chi connectivity index (χ4n) is 1.36. The Labute approximate surface area is 106 Å². The lowest BCUT2D eigenvalue weighted by atomic mass is 10.1. The highest BCUT2D eigenvalue weighted by Gasteiger charge is 2.22. The van der Waals surface area contributed by atoms with Crippen LogP contribution in [0.2, 0.25) is 5.02 Å². The molecule has 0 saturated heterocycles. The topological polar surface area (TPSA) is 46.2 Å². The monoisotopic (exact) mass is 279 g/mol. The SMILES string of the molecule is CC(C)(C)NS(=O)(=O)Cc1c(F)cccc1Cl. The van der Waals surface area contributed by atoms with Gasteiger partial charge in [-0.2, -0.15) is 0 Å². The Kier molecular flexibility index (Phi) is 4.17. The Morgan fingerprint density at radius 1 is 1.35 bits per heavy atom. The molecule has 0 atom stereocenters. The fourth-order valence-corrected chi connectivity index (χ4v) is 3.35. The first-order valence-electron chi connectivity index (χ1n) is 5.05. The molecule has 0 aliphatic heterocycles. The lowest BCUT2D eigenvalue weighted by Gasteiger charge is -2.20. The van der Waals surface area contributed by atoms with Crippen molar-refractivity contribution in [3.8, 4) is 0 Å². The smallest absolute Gasteiger partial charge is 0.212 e. The molecule has 0 aliphatic rings. The number of hydrogen-bond donors (Lipinski definition) is 1. The zero-order chi connectivity index (χ0) is 13.3. The van der Waals surface area contributed by atoms with E-state index in [4.69, 9.17) is 11.6 Å². The Morgan fingerprint density at radius 2 is 1.94 bits per heavy atom. The number of sulfonamides is 1. The van der Waals surface area contributed by atoms with Gasteiger partial charge in [0.05, 0.1) is 5.75 Å². The van der Waals surface area contributed by atoms with Crippen molar-refractivity contribution in [2.24, 2.45) is 0 Å². The Morgan fingerprint density at radius 3 is 2.41 bits per heavy atom. The van der Waals surface area contributed by atoms with Crippen LogP contribution in [0, 0.1) is 5.82 Å². The standard InChI is InChI=1S/C11H15ClFNO2S/c1-11(2,3)14-17(15,16)7-8-9(12)5-4-6-10(8)13/h4-6,14H,7H2,1-3H3. The number of rotatable bonds is 3. The minimum Gasteiger partial charge on any atom is -0.212 e. The maximum atomic E-state index is 13.4. The zero-order valence-corrected chi connectivity index (χ0v) is 11.5. The Hall–Kier alpha value is -0.650. The average Bonchev–Trinajstić information content (AvgIpc) is 2.07. The van der Waals surface area contributed by atoms with Crippen LogP contribution >= 0.6 is 11.6 Å². The van der Waals surface area contributed by atoms with Crippen LogP contribution in [0.25, 0.3) is 0 Å². The molecule has 1 rings (SSSR count). The van der Waals surface area contributed by atoms with Crippen molar-refractivity contribution in [2.45, 2.75) is 32.1 Å². The molecule has 96 valence electrons. The van der Waals surface area contributed by atoms with Gasteiger partial charge in [-0.3, -0.25) is 0 Å². The minimum atomic E-state index is -3.61. The second-order valence-electron chi connectivity index (χ2n) is 4.81. The summed E-state index contributed by atoms with van der Waals surface area (Å²) in [6.07, 6.45) is 0. The summed E-state index contributed by atoms with van der Waals surface area (Å²) in [7, 11) is -3.61. The fraction of sp³-hybridized carbons (Fsp3) is 0.455. The summed E-state index contributed by atoms with van der Waals surface area (Å²) < 4.78 is 39.4. The normalized spacial score (nSPS) is 12.8. The molecule has 0 aromatic heterocycles. The van der Waals surface area contributed by atoms with Gasteiger partial charge in [0.1, 0.15) is 5.82 Å². The maximum Gasteiger partial charge on any atom is 0.216 e. The van der Waals surface area contributed by atoms with Crippen LogP contribution in [0.3, 0.4) is 0 Å². The van der Waals surface area contributed by atoms with Gasteiger partial charge in [0.25, 0.3) is 0 Å². The third-order valence-corrected chi connectivity index (χ3v) is 3.80. The number of benzene rings is 1. The van der Waals surface area contributed by atoms with Gasteiger partial charge in [-0.15, -0.1) is 0 Å². The molecule has 0 amide bonds. The quantitative estimate of drug-likeness (QED) is 0.925. The molecular weight excluding hydrogens is 265 g/mol. The molecule has 17 heavy (non-hydrogen) atoms. The molecule has 1 aromatic carbocycles. The Balaban J connectivity index is 2.99. The van der Waals surface area contributed by atoms with E-state index in [1.165, 1.54) is 18.2 Å². The largest absolute Gasteiger partial charge is 0.216 e. The van der Waals surface area contributed by atoms with Crippen molar-refractivity contribution in [1.82, 2.24) is 4.72 Å². The first-order chi connectivity index (χ1) is 7.61. The summed E-state index contributed by atoms with van der Waals surface area (Å²) in [4.78, 5) is 0. The molecule has 0 fully saturated rings. The van der Waals surface area contributed by atoms with Gasteiger partial charge in [-0.1, -0.05) is 17.7 Å². The highest BCUT2D eigenvalue weighted by atomic mass is 35.5. The van der Waals surface area contributed by atoms with Crippen LogP contribution in [-0.2, 0) is 15.8 Å². The van der Waals surface area contributed by atoms with E-state index < -0.39 is 27.1 Å². The minimum absolute atomic E-state index is 0.00841. The van der Waals surface area contributed by atoms with E-state index in [1.54, 1.807) is 20.8 Å². The lowest BCUT2D eigenvalue weighted by molar-refractivity contribution is 0.490. The van der Waals surface area contributed by atoms with Crippen LogP contribution in [-0.4, -0.2) is 14.0 Å². The van der Waals surface area contributed by atoms with Crippen LogP contribution in [0.15, 0.2) is 18.2 Å². The highest BCUT2D eigenvalue weighted by molar-refractivity contribution is 7.88. The number of hydrogen-bond acceptors (Lipinski definition) is 2. The number of halogens is 2. The lowest BCUT2D eigenvalue weighted by Crippen LogP contribution is -2.41. The summed E-state index contributed by atoms with van der Waals surface area (Å²) >= 11 is 5.77. The van der Waals surface area contributed by atoms with Crippen LogP contribution in [0.4, 0.5) is 4.39 Å². The van der Waals surface area contributed by atoms with Crippen molar-refractivity contribution in [2.75, 3.05) is 0 Å². The van der Waals surface area contributed by atoms with Crippen molar-refractivity contribution in [3.05, 3.63) is 34.6 Å². The van der Waals surface area contributed by atoms with Crippen LogP contribution in [0.1, 0.15) is 26.3 Å². The number of nitrogens with one attached hydrogen (secondary N) is 1. The molecule has 0 aliphatic carbocycles. The maximum absolute atomic E-state index is 13.4. The molecule has 0 heterocycles. The average molecular weight is 280 g/mol. The second kappa shape index (κ2) is 4.92. The first-order valence-corrected chi connectivity index (χ1v) is 7.08. The van der Waals surface area contributed by atoms with E-state index in [0.29, 0.717) is 0 Å². The van der Waals surface area contributed by atoms with E-state index in [2.05, 4.69) is 4.72 Å². The summed E-state index contributed by atoms with van der Waals surface area (Å²) in [6.45, 7) is 5.15. The molecule has 3 nitrogen and oxygen atoms in total. The molecule has 0 bridgehead atoms. The molecule has 6 heteroatoms. The molecule has 0 saturated carbocycles. The van der Waals surface area contributed by atoms with Gasteiger partial charge < -0.3 is 0 Å². The van der Waals surface area contributed by atoms with Crippen LogP contribution in [0.5, 0.6) is 0 Å². The third kappa shape index (κ3) is 4.61. The van der Waals surface area contributed by atoms with Crippen molar-refractivity contribution in [1.29, 1.82) is 0 Å². The summed E-state index contributed by atoms with van der Waals surface area (Å²) in [5, 5.41) is 0.115. The van der Waals surface area contributed by atoms with E-state index in [-0.39, 0.29) is 10.6 Å². The van der Waals surface area contributed by atoms with E-state index in [0.717, 1.165) is 0 Å². The van der Waals surface area contributed by atoms with Crippen LogP contribution < -0.4 is 4.72 Å². The predicted octanol–water partition coefficient (Wildman–Crippen LogP) is 2.70. The van der Waals surface area contributed by atoms with Gasteiger partial charge in [-0.05, 0) is 32.9 Å². The zero-order valence-electron chi connectivity index (χ0n) is 9.92. The van der Waals surface area contributed by atoms with Gasteiger partial charge in [0.2, 0.25) is 10.0 Å². The van der Waals surface area contributed by atoms with Crippen molar-refractivity contribution in [3.63, 3.8) is 0 Å². The molecular formula is C11H15ClFNO2S. The predicted molar refractivity (Wildman–Crippen MR) is 66.9 cm³/mol. The van der Waals surface area contributed by atoms with Gasteiger partial charge >= 0.3 is 0 Å². The first kappa shape index (κ1) is 14.4. The van der Waals surface area contributed by atoms with Gasteiger partial charge in [0.15, 0.2) is 0 Å².